The summed E-state index contributed by atoms with van der Waals surface area (Å²) in [5.74, 6) is -0.105. The fourth-order valence-corrected chi connectivity index (χ4v) is 2.00. The molecule has 0 aliphatic carbocycles. The third-order valence-corrected chi connectivity index (χ3v) is 3.20. The van der Waals surface area contributed by atoms with Crippen LogP contribution in [0.3, 0.4) is 0 Å². The van der Waals surface area contributed by atoms with Crippen molar-refractivity contribution < 1.29 is 9.72 Å². The lowest BCUT2D eigenvalue weighted by atomic mass is 10.2. The Kier molecular flexibility index (Phi) is 6.44. The summed E-state index contributed by atoms with van der Waals surface area (Å²) in [5, 5.41) is 13.3. The molecule has 0 aromatic heterocycles. The maximum absolute atomic E-state index is 11.6. The van der Waals surface area contributed by atoms with Gasteiger partial charge in [-0.05, 0) is 41.4 Å². The number of anilines is 1. The van der Waals surface area contributed by atoms with E-state index < -0.39 is 4.92 Å². The highest BCUT2D eigenvalue weighted by atomic mass is 79.9. The summed E-state index contributed by atoms with van der Waals surface area (Å²) in [6.45, 7) is 0.634. The van der Waals surface area contributed by atoms with Crippen LogP contribution in [0.5, 0.6) is 0 Å². The van der Waals surface area contributed by atoms with Crippen molar-refractivity contribution >= 4 is 33.2 Å². The number of nitrogens with one attached hydrogen (secondary N) is 1. The van der Waals surface area contributed by atoms with Gasteiger partial charge in [-0.2, -0.15) is 0 Å². The summed E-state index contributed by atoms with van der Waals surface area (Å²) in [5.41, 5.74) is 5.88. The van der Waals surface area contributed by atoms with Gasteiger partial charge in [0.05, 0.1) is 10.6 Å². The minimum Gasteiger partial charge on any atom is -0.330 e. The predicted octanol–water partition coefficient (Wildman–Crippen LogP) is 2.81. The number of benzene rings is 1. The molecule has 0 saturated carbocycles. The van der Waals surface area contributed by atoms with E-state index >= 15 is 0 Å². The van der Waals surface area contributed by atoms with Crippen LogP contribution in [-0.4, -0.2) is 17.4 Å². The molecule has 1 aromatic rings. The number of halogens is 1. The van der Waals surface area contributed by atoms with E-state index in [0.29, 0.717) is 23.1 Å². The summed E-state index contributed by atoms with van der Waals surface area (Å²) >= 11 is 3.20. The number of nitrogens with zero attached hydrogens (tertiary/aromatic N) is 1. The van der Waals surface area contributed by atoms with Crippen LogP contribution in [0.1, 0.15) is 25.7 Å². The zero-order valence-corrected chi connectivity index (χ0v) is 12.0. The highest BCUT2D eigenvalue weighted by Crippen LogP contribution is 2.27. The molecule has 0 radical (unpaired) electrons. The van der Waals surface area contributed by atoms with Gasteiger partial charge < -0.3 is 11.1 Å². The van der Waals surface area contributed by atoms with E-state index in [1.165, 1.54) is 18.2 Å². The van der Waals surface area contributed by atoms with Crippen molar-refractivity contribution in [1.29, 1.82) is 0 Å². The second kappa shape index (κ2) is 7.85. The maximum Gasteiger partial charge on any atom is 0.270 e. The van der Waals surface area contributed by atoms with E-state index in [4.69, 9.17) is 5.73 Å². The first kappa shape index (κ1) is 15.6. The van der Waals surface area contributed by atoms with Crippen molar-refractivity contribution in [1.82, 2.24) is 0 Å². The molecular formula is C12H16BrN3O3. The molecule has 0 aliphatic rings. The predicted molar refractivity (Wildman–Crippen MR) is 76.9 cm³/mol. The Morgan fingerprint density at radius 1 is 1.37 bits per heavy atom. The normalized spacial score (nSPS) is 10.2. The Hall–Kier alpha value is -1.47. The Bertz CT molecular complexity index is 466. The van der Waals surface area contributed by atoms with Crippen LogP contribution < -0.4 is 11.1 Å². The molecule has 7 heteroatoms. The van der Waals surface area contributed by atoms with Gasteiger partial charge in [0.1, 0.15) is 0 Å². The van der Waals surface area contributed by atoms with E-state index in [2.05, 4.69) is 21.2 Å². The van der Waals surface area contributed by atoms with E-state index in [0.717, 1.165) is 19.3 Å². The van der Waals surface area contributed by atoms with Gasteiger partial charge in [0, 0.05) is 23.0 Å². The number of nitro benzene ring substituents is 1. The Balaban J connectivity index is 2.52. The molecule has 6 nitrogen and oxygen atoms in total. The highest BCUT2D eigenvalue weighted by molar-refractivity contribution is 9.10. The number of carbonyl (C=O) groups is 1. The van der Waals surface area contributed by atoms with Crippen LogP contribution in [0, 0.1) is 10.1 Å². The van der Waals surface area contributed by atoms with Crippen LogP contribution in [-0.2, 0) is 4.79 Å². The zero-order valence-electron chi connectivity index (χ0n) is 10.4. The minimum absolute atomic E-state index is 0.0205. The Morgan fingerprint density at radius 3 is 2.68 bits per heavy atom. The molecule has 104 valence electrons. The van der Waals surface area contributed by atoms with E-state index in [-0.39, 0.29) is 11.6 Å². The molecule has 19 heavy (non-hydrogen) atoms. The summed E-state index contributed by atoms with van der Waals surface area (Å²) in [6.07, 6.45) is 3.04. The number of rotatable bonds is 7. The van der Waals surface area contributed by atoms with Crippen molar-refractivity contribution in [3.8, 4) is 0 Å². The number of hydrogen-bond donors (Lipinski definition) is 2. The number of non-ortho nitro benzene ring substituents is 1. The second-order valence-corrected chi connectivity index (χ2v) is 4.92. The molecule has 1 amide bonds. The molecule has 1 rings (SSSR count). The summed E-state index contributed by atoms with van der Waals surface area (Å²) < 4.78 is 0.497. The first-order valence-electron chi connectivity index (χ1n) is 5.98. The van der Waals surface area contributed by atoms with Crippen molar-refractivity contribution in [2.45, 2.75) is 25.7 Å². The molecule has 0 fully saturated rings. The lowest BCUT2D eigenvalue weighted by molar-refractivity contribution is -0.384. The van der Waals surface area contributed by atoms with Gasteiger partial charge in [0.2, 0.25) is 5.91 Å². The first-order valence-corrected chi connectivity index (χ1v) is 6.77. The lowest BCUT2D eigenvalue weighted by Gasteiger charge is -2.07. The van der Waals surface area contributed by atoms with Crippen molar-refractivity contribution in [2.24, 2.45) is 5.73 Å². The van der Waals surface area contributed by atoms with E-state index in [1.54, 1.807) is 0 Å². The molecule has 0 spiro atoms. The maximum atomic E-state index is 11.6. The quantitative estimate of drug-likeness (QED) is 0.456. The van der Waals surface area contributed by atoms with Crippen LogP contribution >= 0.6 is 15.9 Å². The van der Waals surface area contributed by atoms with Gasteiger partial charge in [-0.25, -0.2) is 0 Å². The fourth-order valence-electron chi connectivity index (χ4n) is 1.54. The van der Waals surface area contributed by atoms with Gasteiger partial charge in [-0.1, -0.05) is 6.42 Å². The van der Waals surface area contributed by atoms with Gasteiger partial charge in [0.25, 0.3) is 5.69 Å². The Labute approximate surface area is 119 Å². The third kappa shape index (κ3) is 5.35. The zero-order chi connectivity index (χ0) is 14.3. The SMILES string of the molecule is NCCCCCC(=O)Nc1ccc([N+](=O)[O-])cc1Br. The largest absolute Gasteiger partial charge is 0.330 e. The molecule has 0 heterocycles. The molecular weight excluding hydrogens is 314 g/mol. The monoisotopic (exact) mass is 329 g/mol. The van der Waals surface area contributed by atoms with E-state index in [1.807, 2.05) is 0 Å². The van der Waals surface area contributed by atoms with Crippen LogP contribution in [0.4, 0.5) is 11.4 Å². The van der Waals surface area contributed by atoms with Crippen molar-refractivity contribution in [3.05, 3.63) is 32.8 Å². The molecule has 0 aliphatic heterocycles. The summed E-state index contributed by atoms with van der Waals surface area (Å²) in [4.78, 5) is 21.7. The number of unbranched alkanes of at least 4 members (excludes halogenated alkanes) is 2. The third-order valence-electron chi connectivity index (χ3n) is 2.55. The number of nitro groups is 1. The first-order chi connectivity index (χ1) is 9.04. The van der Waals surface area contributed by atoms with Gasteiger partial charge >= 0.3 is 0 Å². The molecule has 3 N–H and O–H groups in total. The summed E-state index contributed by atoms with van der Waals surface area (Å²) in [6, 6.07) is 4.23. The topological polar surface area (TPSA) is 98.3 Å². The standard InChI is InChI=1S/C12H16BrN3O3/c13-10-8-9(16(18)19)5-6-11(10)15-12(17)4-2-1-3-7-14/h5-6,8H,1-4,7,14H2,(H,15,17). The molecule has 0 saturated heterocycles. The van der Waals surface area contributed by atoms with Gasteiger partial charge in [-0.15, -0.1) is 0 Å². The fraction of sp³-hybridized carbons (Fsp3) is 0.417. The molecule has 0 bridgehead atoms. The molecule has 1 aromatic carbocycles. The number of nitrogens with two attached hydrogens (primary N) is 1. The molecule has 0 unspecified atom stereocenters. The van der Waals surface area contributed by atoms with Crippen molar-refractivity contribution in [2.75, 3.05) is 11.9 Å². The van der Waals surface area contributed by atoms with Crippen LogP contribution in [0.2, 0.25) is 0 Å². The molecule has 0 atom stereocenters. The number of amides is 1. The summed E-state index contributed by atoms with van der Waals surface area (Å²) in [7, 11) is 0. The number of hydrogen-bond acceptors (Lipinski definition) is 4. The Morgan fingerprint density at radius 2 is 2.11 bits per heavy atom. The van der Waals surface area contributed by atoms with E-state index in [9.17, 15) is 14.9 Å². The van der Waals surface area contributed by atoms with Crippen LogP contribution in [0.25, 0.3) is 0 Å². The number of carbonyl (C=O) groups excluding carboxylic acids is 1. The van der Waals surface area contributed by atoms with Crippen LogP contribution in [0.15, 0.2) is 22.7 Å². The van der Waals surface area contributed by atoms with Crippen molar-refractivity contribution in [3.63, 3.8) is 0 Å². The van der Waals surface area contributed by atoms with Gasteiger partial charge in [0.15, 0.2) is 0 Å². The average molecular weight is 330 g/mol. The smallest absolute Gasteiger partial charge is 0.270 e. The average Bonchev–Trinajstić information content (AvgIpc) is 2.37. The lowest BCUT2D eigenvalue weighted by Crippen LogP contribution is -2.11. The minimum atomic E-state index is -0.483. The van der Waals surface area contributed by atoms with Gasteiger partial charge in [-0.3, -0.25) is 14.9 Å². The second-order valence-electron chi connectivity index (χ2n) is 4.07. The highest BCUT2D eigenvalue weighted by Gasteiger charge is 2.10.